The number of hydrogen-bond acceptors (Lipinski definition) is 6. The normalized spacial score (nSPS) is 13.7. The Labute approximate surface area is 272 Å². The van der Waals surface area contributed by atoms with Gasteiger partial charge in [0.05, 0.1) is 36.2 Å². The summed E-state index contributed by atoms with van der Waals surface area (Å²) >= 11 is 0. The molecule has 1 fully saturated rings. The van der Waals surface area contributed by atoms with E-state index in [0.29, 0.717) is 27.6 Å². The summed E-state index contributed by atoms with van der Waals surface area (Å²) in [5.41, 5.74) is 3.69. The summed E-state index contributed by atoms with van der Waals surface area (Å²) in [4.78, 5) is 27.0. The molecule has 2 amide bonds. The average molecular weight is 656 g/mol. The van der Waals surface area contributed by atoms with Crippen molar-refractivity contribution in [2.75, 3.05) is 30.8 Å². The predicted octanol–water partition coefficient (Wildman–Crippen LogP) is 5.75. The van der Waals surface area contributed by atoms with E-state index < -0.39 is 33.9 Å². The Morgan fingerprint density at radius 3 is 2.28 bits per heavy atom. The number of hydrogen-bond donors (Lipinski definition) is 3. The summed E-state index contributed by atoms with van der Waals surface area (Å²) in [6, 6.07) is 23.7. The molecule has 242 valence electrons. The smallest absolute Gasteiger partial charge is 0.255 e. The molecule has 0 aliphatic heterocycles. The average Bonchev–Trinajstić information content (AvgIpc) is 3.75. The van der Waals surface area contributed by atoms with Crippen molar-refractivity contribution < 1.29 is 31.9 Å². The van der Waals surface area contributed by atoms with Crippen molar-refractivity contribution in [3.05, 3.63) is 113 Å². The van der Waals surface area contributed by atoms with Gasteiger partial charge in [0.1, 0.15) is 17.2 Å². The van der Waals surface area contributed by atoms with Gasteiger partial charge < -0.3 is 20.2 Å². The maximum Gasteiger partial charge on any atom is 0.255 e. The molecular formula is C36H34FN3O6S. The Balaban J connectivity index is 1.55. The number of amides is 2. The van der Waals surface area contributed by atoms with E-state index >= 15 is 0 Å². The van der Waals surface area contributed by atoms with Crippen molar-refractivity contribution in [2.24, 2.45) is 0 Å². The van der Waals surface area contributed by atoms with Crippen molar-refractivity contribution >= 4 is 38.5 Å². The van der Waals surface area contributed by atoms with E-state index in [1.807, 2.05) is 37.3 Å². The lowest BCUT2D eigenvalue weighted by atomic mass is 9.93. The van der Waals surface area contributed by atoms with Crippen molar-refractivity contribution in [1.82, 2.24) is 10.6 Å². The van der Waals surface area contributed by atoms with Crippen LogP contribution in [-0.2, 0) is 15.6 Å². The number of aliphatic hydroxyl groups is 1. The summed E-state index contributed by atoms with van der Waals surface area (Å²) in [5, 5.41) is 16.1. The Bertz CT molecular complexity index is 2110. The highest BCUT2D eigenvalue weighted by Gasteiger charge is 2.45. The standard InChI is InChI=1S/C36H34FN3O6S/c1-22-9-10-24(34(42)39-36(15-16-36)25-7-5-4-6-8-25)19-27(22)28-20-29-31(21-30(28)40(17-18-41)47(3,44)45)46-33(32(29)35(43)38-2)23-11-13-26(37)14-12-23/h4-14,19-21,41H,15-18H2,1-3H3,(H,38,43)(H,39,42). The van der Waals surface area contributed by atoms with Crippen LogP contribution in [0.25, 0.3) is 33.4 Å². The van der Waals surface area contributed by atoms with Crippen LogP contribution >= 0.6 is 0 Å². The van der Waals surface area contributed by atoms with E-state index in [9.17, 15) is 27.5 Å². The van der Waals surface area contributed by atoms with Crippen LogP contribution in [-0.4, -0.2) is 51.8 Å². The van der Waals surface area contributed by atoms with Gasteiger partial charge in [0, 0.05) is 35.2 Å². The molecule has 1 saturated carbocycles. The lowest BCUT2D eigenvalue weighted by molar-refractivity contribution is 0.0929. The highest BCUT2D eigenvalue weighted by atomic mass is 32.2. The van der Waals surface area contributed by atoms with Crippen LogP contribution in [0.4, 0.5) is 10.1 Å². The number of furan rings is 1. The summed E-state index contributed by atoms with van der Waals surface area (Å²) in [6.45, 7) is 1.13. The number of halogens is 1. The summed E-state index contributed by atoms with van der Waals surface area (Å²) < 4.78 is 47.2. The number of carbonyl (C=O) groups is 2. The highest BCUT2D eigenvalue weighted by Crippen LogP contribution is 2.46. The molecule has 6 rings (SSSR count). The Morgan fingerprint density at radius 1 is 0.957 bits per heavy atom. The second-order valence-corrected chi connectivity index (χ2v) is 13.7. The van der Waals surface area contributed by atoms with Crippen LogP contribution < -0.4 is 14.9 Å². The minimum atomic E-state index is -3.91. The molecule has 47 heavy (non-hydrogen) atoms. The first-order valence-corrected chi connectivity index (χ1v) is 17.0. The summed E-state index contributed by atoms with van der Waals surface area (Å²) in [7, 11) is -2.44. The van der Waals surface area contributed by atoms with Crippen LogP contribution in [0, 0.1) is 12.7 Å². The zero-order valence-electron chi connectivity index (χ0n) is 26.1. The topological polar surface area (TPSA) is 129 Å². The zero-order chi connectivity index (χ0) is 33.5. The third-order valence-electron chi connectivity index (χ3n) is 8.56. The Morgan fingerprint density at radius 2 is 1.66 bits per heavy atom. The molecule has 3 N–H and O–H groups in total. The van der Waals surface area contributed by atoms with E-state index in [0.717, 1.165) is 34.5 Å². The first kappa shape index (κ1) is 32.0. The molecule has 5 aromatic rings. The van der Waals surface area contributed by atoms with Crippen molar-refractivity contribution in [3.63, 3.8) is 0 Å². The molecular weight excluding hydrogens is 621 g/mol. The quantitative estimate of drug-likeness (QED) is 0.176. The van der Waals surface area contributed by atoms with Gasteiger partial charge in [-0.15, -0.1) is 0 Å². The molecule has 4 aromatic carbocycles. The molecule has 1 aliphatic carbocycles. The second kappa shape index (κ2) is 12.3. The largest absolute Gasteiger partial charge is 0.455 e. The molecule has 1 aromatic heterocycles. The fraction of sp³-hybridized carbons (Fsp3) is 0.222. The molecule has 0 spiro atoms. The van der Waals surface area contributed by atoms with Gasteiger partial charge >= 0.3 is 0 Å². The second-order valence-electron chi connectivity index (χ2n) is 11.7. The number of aliphatic hydroxyl groups excluding tert-OH is 1. The molecule has 11 heteroatoms. The SMILES string of the molecule is CNC(=O)c1c(-c2ccc(F)cc2)oc2cc(N(CCO)S(C)(=O)=O)c(-c3cc(C(=O)NC4(c5ccccc5)CC4)ccc3C)cc12. The van der Waals surface area contributed by atoms with Gasteiger partial charge in [0.2, 0.25) is 10.0 Å². The first-order valence-electron chi connectivity index (χ1n) is 15.1. The molecule has 0 saturated heterocycles. The van der Waals surface area contributed by atoms with Gasteiger partial charge in [-0.3, -0.25) is 13.9 Å². The number of carbonyl (C=O) groups excluding carboxylic acids is 2. The monoisotopic (exact) mass is 655 g/mol. The van der Waals surface area contributed by atoms with Crippen molar-refractivity contribution in [2.45, 2.75) is 25.3 Å². The number of rotatable bonds is 10. The number of benzene rings is 4. The summed E-state index contributed by atoms with van der Waals surface area (Å²) in [6.07, 6.45) is 2.66. The Kier molecular flexibility index (Phi) is 8.37. The lowest BCUT2D eigenvalue weighted by Crippen LogP contribution is -2.34. The van der Waals surface area contributed by atoms with Crippen molar-refractivity contribution in [3.8, 4) is 22.5 Å². The zero-order valence-corrected chi connectivity index (χ0v) is 26.9. The van der Waals surface area contributed by atoms with E-state index in [1.165, 1.54) is 37.4 Å². The van der Waals surface area contributed by atoms with Gasteiger partial charge in [-0.05, 0) is 78.9 Å². The summed E-state index contributed by atoms with van der Waals surface area (Å²) in [5.74, 6) is -1.02. The molecule has 0 unspecified atom stereocenters. The number of fused-ring (bicyclic) bond motifs is 1. The molecule has 1 heterocycles. The molecule has 1 aliphatic rings. The van der Waals surface area contributed by atoms with E-state index in [4.69, 9.17) is 4.42 Å². The molecule has 9 nitrogen and oxygen atoms in total. The van der Waals surface area contributed by atoms with Crippen LogP contribution in [0.2, 0.25) is 0 Å². The third-order valence-corrected chi connectivity index (χ3v) is 9.74. The molecule has 0 atom stereocenters. The van der Waals surface area contributed by atoms with Crippen molar-refractivity contribution in [1.29, 1.82) is 0 Å². The van der Waals surface area contributed by atoms with Gasteiger partial charge in [0.25, 0.3) is 11.8 Å². The lowest BCUT2D eigenvalue weighted by Gasteiger charge is -2.25. The van der Waals surface area contributed by atoms with E-state index in [-0.39, 0.29) is 35.0 Å². The van der Waals surface area contributed by atoms with Gasteiger partial charge in [-0.2, -0.15) is 0 Å². The number of nitrogens with zero attached hydrogens (tertiary/aromatic N) is 1. The number of nitrogens with one attached hydrogen (secondary N) is 2. The molecule has 0 bridgehead atoms. The minimum Gasteiger partial charge on any atom is -0.455 e. The van der Waals surface area contributed by atoms with Crippen LogP contribution in [0.3, 0.4) is 0 Å². The maximum absolute atomic E-state index is 13.8. The predicted molar refractivity (Wildman–Crippen MR) is 179 cm³/mol. The van der Waals surface area contributed by atoms with Gasteiger partial charge in [0.15, 0.2) is 0 Å². The third kappa shape index (κ3) is 6.11. The van der Waals surface area contributed by atoms with E-state index in [2.05, 4.69) is 10.6 Å². The van der Waals surface area contributed by atoms with E-state index in [1.54, 1.807) is 24.3 Å². The maximum atomic E-state index is 13.8. The van der Waals surface area contributed by atoms with Gasteiger partial charge in [-0.25, -0.2) is 12.8 Å². The minimum absolute atomic E-state index is 0.177. The van der Waals surface area contributed by atoms with Crippen LogP contribution in [0.5, 0.6) is 0 Å². The molecule has 0 radical (unpaired) electrons. The number of anilines is 1. The highest BCUT2D eigenvalue weighted by molar-refractivity contribution is 7.92. The van der Waals surface area contributed by atoms with Gasteiger partial charge in [-0.1, -0.05) is 36.4 Å². The van der Waals surface area contributed by atoms with Crippen LogP contribution in [0.1, 0.15) is 44.7 Å². The number of aryl methyl sites for hydroxylation is 1. The first-order chi connectivity index (χ1) is 22.5. The fourth-order valence-electron chi connectivity index (χ4n) is 5.98. The number of sulfonamides is 1. The fourth-order valence-corrected chi connectivity index (χ4v) is 6.90. The van der Waals surface area contributed by atoms with Crippen LogP contribution in [0.15, 0.2) is 89.3 Å². The Hall–Kier alpha value is -5.00.